The molecule has 0 amide bonds. The molecule has 0 atom stereocenters. The van der Waals surface area contributed by atoms with E-state index in [9.17, 15) is 5.26 Å². The Morgan fingerprint density at radius 3 is 2.64 bits per heavy atom. The van der Waals surface area contributed by atoms with Crippen LogP contribution in [0.3, 0.4) is 0 Å². The topological polar surface area (TPSA) is 90.3 Å². The minimum absolute atomic E-state index is 0.161. The lowest BCUT2D eigenvalue weighted by molar-refractivity contribution is 1.12. The largest absolute Gasteiger partial charge is 0.357 e. The normalized spacial score (nSPS) is 10.4. The van der Waals surface area contributed by atoms with Gasteiger partial charge in [-0.2, -0.15) is 10.4 Å². The van der Waals surface area contributed by atoms with E-state index in [0.717, 1.165) is 22.0 Å². The first kappa shape index (κ1) is 17.5. The molecule has 7 heteroatoms. The summed E-state index contributed by atoms with van der Waals surface area (Å²) in [5, 5.41) is 20.8. The highest BCUT2D eigenvalue weighted by molar-refractivity contribution is 6.35. The summed E-state index contributed by atoms with van der Waals surface area (Å²) in [5.74, 6) is 2.83. The highest BCUT2D eigenvalue weighted by Gasteiger charge is 2.18. The molecular weight excluding hydrogens is 372 g/mol. The van der Waals surface area contributed by atoms with Crippen LogP contribution in [0.1, 0.15) is 5.69 Å². The fourth-order valence-corrected chi connectivity index (χ4v) is 3.19. The molecule has 4 aromatic rings. The molecule has 134 valence electrons. The van der Waals surface area contributed by atoms with Crippen molar-refractivity contribution in [2.24, 2.45) is 0 Å². The molecule has 0 radical (unpaired) electrons. The van der Waals surface area contributed by atoms with Crippen LogP contribution < -0.4 is 5.32 Å². The van der Waals surface area contributed by atoms with Gasteiger partial charge in [0, 0.05) is 16.5 Å². The average molecular weight is 385 g/mol. The fourth-order valence-electron chi connectivity index (χ4n) is 2.92. The molecule has 0 saturated heterocycles. The second-order valence-electron chi connectivity index (χ2n) is 5.95. The van der Waals surface area contributed by atoms with Crippen LogP contribution in [0.2, 0.25) is 5.02 Å². The van der Waals surface area contributed by atoms with E-state index in [4.69, 9.17) is 18.0 Å². The summed E-state index contributed by atoms with van der Waals surface area (Å²) >= 11 is 6.41. The van der Waals surface area contributed by atoms with Gasteiger partial charge in [-0.3, -0.25) is 5.10 Å². The first-order chi connectivity index (χ1) is 13.7. The highest BCUT2D eigenvalue weighted by atomic mass is 35.5. The first-order valence-corrected chi connectivity index (χ1v) is 8.77. The van der Waals surface area contributed by atoms with Crippen molar-refractivity contribution in [1.29, 1.82) is 5.26 Å². The predicted octanol–water partition coefficient (Wildman–Crippen LogP) is 4.26. The van der Waals surface area contributed by atoms with Crippen LogP contribution >= 0.6 is 11.6 Å². The van der Waals surface area contributed by atoms with Crippen LogP contribution in [0.15, 0.2) is 48.7 Å². The van der Waals surface area contributed by atoms with Gasteiger partial charge in [0.25, 0.3) is 0 Å². The molecule has 0 spiro atoms. The summed E-state index contributed by atoms with van der Waals surface area (Å²) in [7, 11) is 0. The van der Waals surface area contributed by atoms with E-state index in [0.29, 0.717) is 22.2 Å². The molecule has 2 N–H and O–H groups in total. The number of halogens is 1. The van der Waals surface area contributed by atoms with Crippen molar-refractivity contribution in [2.75, 3.05) is 11.9 Å². The number of fused-ring (bicyclic) bond motifs is 1. The molecule has 2 aromatic carbocycles. The van der Waals surface area contributed by atoms with Crippen LogP contribution in [-0.2, 0) is 0 Å². The van der Waals surface area contributed by atoms with Crippen LogP contribution in [0.4, 0.5) is 5.82 Å². The van der Waals surface area contributed by atoms with Crippen LogP contribution in [0.25, 0.3) is 33.4 Å². The van der Waals surface area contributed by atoms with E-state index in [2.05, 4.69) is 37.5 Å². The van der Waals surface area contributed by atoms with Crippen molar-refractivity contribution in [3.05, 3.63) is 59.4 Å². The number of aromatic amines is 1. The van der Waals surface area contributed by atoms with E-state index in [1.165, 1.54) is 0 Å². The number of rotatable bonds is 4. The lowest BCUT2D eigenvalue weighted by atomic mass is 10.0. The third-order valence-corrected chi connectivity index (χ3v) is 4.48. The van der Waals surface area contributed by atoms with Crippen molar-refractivity contribution >= 4 is 28.3 Å². The maximum atomic E-state index is 9.56. The third-order valence-electron chi connectivity index (χ3n) is 4.18. The number of nitrogens with one attached hydrogen (secondary N) is 2. The van der Waals surface area contributed by atoms with Crippen LogP contribution in [0, 0.1) is 23.7 Å². The van der Waals surface area contributed by atoms with Gasteiger partial charge in [-0.05, 0) is 12.1 Å². The summed E-state index contributed by atoms with van der Waals surface area (Å²) in [4.78, 5) is 9.25. The van der Waals surface area contributed by atoms with Crippen molar-refractivity contribution in [2.45, 2.75) is 0 Å². The van der Waals surface area contributed by atoms with E-state index >= 15 is 0 Å². The van der Waals surface area contributed by atoms with Gasteiger partial charge in [0.1, 0.15) is 6.07 Å². The van der Waals surface area contributed by atoms with Crippen LogP contribution in [-0.4, -0.2) is 26.7 Å². The number of nitriles is 1. The number of benzene rings is 2. The second-order valence-corrected chi connectivity index (χ2v) is 6.35. The zero-order chi connectivity index (χ0) is 19.5. The minimum Gasteiger partial charge on any atom is -0.357 e. The fraction of sp³-hybridized carbons (Fsp3) is 0.0476. The lowest BCUT2D eigenvalue weighted by Crippen LogP contribution is -2.07. The molecule has 4 rings (SSSR count). The van der Waals surface area contributed by atoms with Gasteiger partial charge in [-0.25, -0.2) is 9.97 Å². The van der Waals surface area contributed by atoms with E-state index in [-0.39, 0.29) is 12.2 Å². The monoisotopic (exact) mass is 384 g/mol. The van der Waals surface area contributed by atoms with Gasteiger partial charge >= 0.3 is 0 Å². The number of H-pyrrole nitrogens is 1. The second kappa shape index (κ2) is 7.40. The molecular formula is C21H13ClN6. The Bertz CT molecular complexity index is 1250. The van der Waals surface area contributed by atoms with E-state index in [1.54, 1.807) is 12.3 Å². The number of nitrogens with zero attached hydrogens (tertiary/aromatic N) is 4. The van der Waals surface area contributed by atoms with E-state index < -0.39 is 0 Å². The number of aromatic nitrogens is 4. The molecule has 0 aliphatic rings. The average Bonchev–Trinajstić information content (AvgIpc) is 3.21. The van der Waals surface area contributed by atoms with Gasteiger partial charge in [-0.1, -0.05) is 47.9 Å². The van der Waals surface area contributed by atoms with Crippen molar-refractivity contribution in [3.63, 3.8) is 0 Å². The Labute approximate surface area is 166 Å². The maximum absolute atomic E-state index is 9.56. The predicted molar refractivity (Wildman–Crippen MR) is 110 cm³/mol. The summed E-state index contributed by atoms with van der Waals surface area (Å²) in [6, 6.07) is 15.4. The Morgan fingerprint density at radius 2 is 1.89 bits per heavy atom. The quantitative estimate of drug-likeness (QED) is 0.513. The summed E-state index contributed by atoms with van der Waals surface area (Å²) in [5.41, 5.74) is 3.68. The Hall–Kier alpha value is -3.87. The third kappa shape index (κ3) is 3.14. The molecule has 0 unspecified atom stereocenters. The highest BCUT2D eigenvalue weighted by Crippen LogP contribution is 2.35. The molecule has 0 saturated carbocycles. The summed E-state index contributed by atoms with van der Waals surface area (Å²) < 4.78 is 0. The van der Waals surface area contributed by atoms with Gasteiger partial charge in [-0.15, -0.1) is 6.42 Å². The molecule has 0 fully saturated rings. The number of terminal acetylenes is 1. The van der Waals surface area contributed by atoms with Gasteiger partial charge < -0.3 is 5.32 Å². The summed E-state index contributed by atoms with van der Waals surface area (Å²) in [6.07, 6.45) is 7.02. The zero-order valence-electron chi connectivity index (χ0n) is 14.6. The molecule has 2 heterocycles. The summed E-state index contributed by atoms with van der Waals surface area (Å²) in [6.45, 7) is 0.240. The SMILES string of the molecule is C#CCNc1nc(-c2ccccc2)c(-c2cc(Cl)c3[nH]ncc3c2)nc1C#N. The van der Waals surface area contributed by atoms with Crippen molar-refractivity contribution in [3.8, 4) is 40.9 Å². The standard InChI is InChI=1S/C21H13ClN6/c1-2-8-24-21-17(11-23)26-20(19(27-21)13-6-4-3-5-7-13)14-9-15-12-25-28-18(15)16(22)10-14/h1,3-7,9-10,12H,8H2,(H,24,27)(H,25,28). The van der Waals surface area contributed by atoms with Gasteiger partial charge in [0.2, 0.25) is 0 Å². The van der Waals surface area contributed by atoms with Gasteiger partial charge in [0.15, 0.2) is 11.5 Å². The minimum atomic E-state index is 0.161. The first-order valence-electron chi connectivity index (χ1n) is 8.39. The van der Waals surface area contributed by atoms with Crippen LogP contribution in [0.5, 0.6) is 0 Å². The smallest absolute Gasteiger partial charge is 0.183 e. The molecule has 0 aliphatic carbocycles. The Balaban J connectivity index is 1.99. The maximum Gasteiger partial charge on any atom is 0.183 e. The number of anilines is 1. The molecule has 0 aliphatic heterocycles. The molecule has 6 nitrogen and oxygen atoms in total. The molecule has 0 bridgehead atoms. The molecule has 28 heavy (non-hydrogen) atoms. The molecule has 2 aromatic heterocycles. The van der Waals surface area contributed by atoms with Crippen molar-refractivity contribution < 1.29 is 0 Å². The Morgan fingerprint density at radius 1 is 1.11 bits per heavy atom. The zero-order valence-corrected chi connectivity index (χ0v) is 15.3. The van der Waals surface area contributed by atoms with Crippen molar-refractivity contribution in [1.82, 2.24) is 20.2 Å². The number of hydrogen-bond donors (Lipinski definition) is 2. The number of hydrogen-bond acceptors (Lipinski definition) is 5. The Kier molecular flexibility index (Phi) is 4.63. The lowest BCUT2D eigenvalue weighted by Gasteiger charge is -2.13. The van der Waals surface area contributed by atoms with E-state index in [1.807, 2.05) is 36.4 Å². The van der Waals surface area contributed by atoms with Gasteiger partial charge in [0.05, 0.1) is 34.7 Å².